The highest BCUT2D eigenvalue weighted by molar-refractivity contribution is 6.06. The van der Waals surface area contributed by atoms with Crippen molar-refractivity contribution in [1.29, 1.82) is 0 Å². The largest absolute Gasteiger partial charge is 0.484 e. The van der Waals surface area contributed by atoms with Crippen molar-refractivity contribution >= 4 is 23.7 Å². The van der Waals surface area contributed by atoms with Crippen molar-refractivity contribution in [2.75, 3.05) is 13.2 Å². The Morgan fingerprint density at radius 1 is 1.14 bits per heavy atom. The predicted octanol–water partition coefficient (Wildman–Crippen LogP) is 2.67. The number of amides is 1. The van der Waals surface area contributed by atoms with Crippen molar-refractivity contribution in [2.24, 2.45) is 0 Å². The summed E-state index contributed by atoms with van der Waals surface area (Å²) >= 11 is 0. The first-order valence-corrected chi connectivity index (χ1v) is 8.79. The van der Waals surface area contributed by atoms with E-state index in [4.69, 9.17) is 9.47 Å². The zero-order valence-electron chi connectivity index (χ0n) is 15.2. The fourth-order valence-electron chi connectivity index (χ4n) is 2.61. The number of hydrogen-bond donors (Lipinski definition) is 1. The van der Waals surface area contributed by atoms with E-state index in [1.54, 1.807) is 0 Å². The van der Waals surface area contributed by atoms with Crippen LogP contribution in [0.4, 0.5) is 8.78 Å². The van der Waals surface area contributed by atoms with E-state index in [1.807, 2.05) is 0 Å². The summed E-state index contributed by atoms with van der Waals surface area (Å²) < 4.78 is 36.2. The van der Waals surface area contributed by atoms with Crippen LogP contribution in [0, 0.1) is 11.6 Å². The van der Waals surface area contributed by atoms with Crippen LogP contribution in [0.1, 0.15) is 22.3 Å². The van der Waals surface area contributed by atoms with Gasteiger partial charge >= 0.3 is 5.97 Å². The Kier molecular flexibility index (Phi) is 6.33. The maximum Gasteiger partial charge on any atom is 0.328 e. The molecule has 0 spiro atoms. The molecule has 0 unspecified atom stereocenters. The first kappa shape index (κ1) is 20.2. The summed E-state index contributed by atoms with van der Waals surface area (Å²) in [4.78, 5) is 35.3. The second-order valence-corrected chi connectivity index (χ2v) is 6.26. The van der Waals surface area contributed by atoms with Gasteiger partial charge in [-0.2, -0.15) is 0 Å². The summed E-state index contributed by atoms with van der Waals surface area (Å²) in [6, 6.07) is 8.76. The molecule has 1 N–H and O–H groups in total. The molecule has 29 heavy (non-hydrogen) atoms. The predicted molar refractivity (Wildman–Crippen MR) is 99.2 cm³/mol. The van der Waals surface area contributed by atoms with Crippen LogP contribution in [0.3, 0.4) is 0 Å². The number of esters is 1. The number of ether oxygens (including phenoxy) is 2. The van der Waals surface area contributed by atoms with Gasteiger partial charge in [-0.25, -0.2) is 13.6 Å². The van der Waals surface area contributed by atoms with Crippen LogP contribution in [0.15, 0.2) is 48.5 Å². The molecule has 0 saturated carbocycles. The van der Waals surface area contributed by atoms with Gasteiger partial charge in [-0.3, -0.25) is 9.59 Å². The van der Waals surface area contributed by atoms with Crippen molar-refractivity contribution in [3.8, 4) is 5.75 Å². The quantitative estimate of drug-likeness (QED) is 0.438. The highest BCUT2D eigenvalue weighted by Crippen LogP contribution is 2.15. The minimum Gasteiger partial charge on any atom is -0.484 e. The van der Waals surface area contributed by atoms with E-state index in [1.165, 1.54) is 42.5 Å². The van der Waals surface area contributed by atoms with Gasteiger partial charge in [0.2, 0.25) is 0 Å². The summed E-state index contributed by atoms with van der Waals surface area (Å²) in [7, 11) is 0. The Balaban J connectivity index is 1.51. The number of ketones is 1. The minimum absolute atomic E-state index is 0.282. The van der Waals surface area contributed by atoms with Crippen molar-refractivity contribution in [3.05, 3.63) is 71.3 Å². The lowest BCUT2D eigenvalue weighted by molar-refractivity contribution is -0.141. The van der Waals surface area contributed by atoms with E-state index in [2.05, 4.69) is 5.32 Å². The van der Waals surface area contributed by atoms with Crippen LogP contribution in [-0.2, 0) is 14.3 Å². The molecule has 0 radical (unpaired) electrons. The van der Waals surface area contributed by atoms with Crippen LogP contribution in [0.2, 0.25) is 0 Å². The molecule has 0 aromatic heterocycles. The van der Waals surface area contributed by atoms with Gasteiger partial charge in [-0.15, -0.1) is 0 Å². The molecule has 1 aliphatic rings. The summed E-state index contributed by atoms with van der Waals surface area (Å²) in [5, 5.41) is 2.52. The lowest BCUT2D eigenvalue weighted by Gasteiger charge is -2.10. The van der Waals surface area contributed by atoms with E-state index >= 15 is 0 Å². The van der Waals surface area contributed by atoms with Crippen LogP contribution in [-0.4, -0.2) is 36.9 Å². The average molecular weight is 401 g/mol. The first-order valence-electron chi connectivity index (χ1n) is 8.79. The third-order valence-corrected chi connectivity index (χ3v) is 4.15. The Bertz CT molecular complexity index is 956. The van der Waals surface area contributed by atoms with Crippen LogP contribution in [0.25, 0.3) is 6.08 Å². The smallest absolute Gasteiger partial charge is 0.328 e. The number of carbonyl (C=O) groups excluding carboxylic acids is 3. The molecule has 2 aromatic rings. The summed E-state index contributed by atoms with van der Waals surface area (Å²) in [6.45, 7) is -0.00220. The molecule has 8 heteroatoms. The van der Waals surface area contributed by atoms with Gasteiger partial charge in [0.05, 0.1) is 6.61 Å². The Hall–Kier alpha value is -3.55. The summed E-state index contributed by atoms with van der Waals surface area (Å²) in [5.74, 6) is -2.83. The number of halogens is 2. The van der Waals surface area contributed by atoms with Crippen molar-refractivity contribution < 1.29 is 32.6 Å². The van der Waals surface area contributed by atoms with E-state index in [-0.39, 0.29) is 19.0 Å². The van der Waals surface area contributed by atoms with E-state index < -0.39 is 29.6 Å². The molecular formula is C21H17F2NO5. The van der Waals surface area contributed by atoms with Crippen molar-refractivity contribution in [3.63, 3.8) is 0 Å². The molecule has 1 saturated heterocycles. The van der Waals surface area contributed by atoms with E-state index in [0.29, 0.717) is 23.3 Å². The van der Waals surface area contributed by atoms with Gasteiger partial charge < -0.3 is 14.8 Å². The van der Waals surface area contributed by atoms with Gasteiger partial charge in [0, 0.05) is 12.0 Å². The second-order valence-electron chi connectivity index (χ2n) is 6.26. The first-order chi connectivity index (χ1) is 13.9. The van der Waals surface area contributed by atoms with Gasteiger partial charge in [0.15, 0.2) is 24.0 Å². The maximum atomic E-state index is 13.2. The molecule has 1 fully saturated rings. The zero-order chi connectivity index (χ0) is 20.8. The lowest BCUT2D eigenvalue weighted by Crippen LogP contribution is -2.40. The minimum atomic E-state index is -0.991. The molecule has 1 aliphatic heterocycles. The molecule has 0 bridgehead atoms. The molecule has 2 aromatic carbocycles. The molecule has 1 amide bonds. The average Bonchev–Trinajstić information content (AvgIpc) is 3.12. The zero-order valence-corrected chi connectivity index (χ0v) is 15.2. The number of nitrogens with one attached hydrogen (secondary N) is 1. The fourth-order valence-corrected chi connectivity index (χ4v) is 2.61. The number of benzene rings is 2. The third-order valence-electron chi connectivity index (χ3n) is 4.15. The van der Waals surface area contributed by atoms with Gasteiger partial charge in [-0.1, -0.05) is 12.1 Å². The Morgan fingerprint density at radius 2 is 1.90 bits per heavy atom. The van der Waals surface area contributed by atoms with Crippen LogP contribution < -0.4 is 10.1 Å². The van der Waals surface area contributed by atoms with Gasteiger partial charge in [0.25, 0.3) is 5.91 Å². The number of hydrogen-bond acceptors (Lipinski definition) is 5. The summed E-state index contributed by atoms with van der Waals surface area (Å²) in [6.07, 6.45) is 3.06. The Labute approximate surface area is 165 Å². The number of allylic oxidation sites excluding steroid dienone is 1. The Morgan fingerprint density at radius 3 is 2.55 bits per heavy atom. The summed E-state index contributed by atoms with van der Waals surface area (Å²) in [5.41, 5.74) is 0.712. The fraction of sp³-hybridized carbons (Fsp3) is 0.190. The van der Waals surface area contributed by atoms with Crippen molar-refractivity contribution in [1.82, 2.24) is 5.32 Å². The number of cyclic esters (lactones) is 1. The van der Waals surface area contributed by atoms with Gasteiger partial charge in [0.1, 0.15) is 11.8 Å². The topological polar surface area (TPSA) is 81.7 Å². The van der Waals surface area contributed by atoms with E-state index in [0.717, 1.165) is 12.1 Å². The molecule has 0 aliphatic carbocycles. The maximum absolute atomic E-state index is 13.2. The highest BCUT2D eigenvalue weighted by atomic mass is 19.2. The normalized spacial score (nSPS) is 15.9. The molecule has 1 heterocycles. The molecule has 6 nitrogen and oxygen atoms in total. The lowest BCUT2D eigenvalue weighted by atomic mass is 10.1. The standard InChI is InChI=1S/C21H17F2NO5/c22-16-7-1-13(11-17(16)23)2-8-19(25)14-3-5-15(6-4-14)29-12-20(26)24-18-9-10-28-21(18)27/h1-8,11,18H,9-10,12H2,(H,24,26)/b8-2+/t18-/m0/s1. The van der Waals surface area contributed by atoms with Gasteiger partial charge in [-0.05, 0) is 48.0 Å². The molecule has 3 rings (SSSR count). The second kappa shape index (κ2) is 9.09. The van der Waals surface area contributed by atoms with Crippen LogP contribution >= 0.6 is 0 Å². The van der Waals surface area contributed by atoms with Crippen molar-refractivity contribution in [2.45, 2.75) is 12.5 Å². The SMILES string of the molecule is O=C(COc1ccc(C(=O)/C=C/c2ccc(F)c(F)c2)cc1)N[C@H]1CCOC1=O. The molecular weight excluding hydrogens is 384 g/mol. The third kappa shape index (κ3) is 5.47. The number of rotatable bonds is 7. The molecule has 150 valence electrons. The number of carbonyl (C=O) groups is 3. The van der Waals surface area contributed by atoms with Crippen LogP contribution in [0.5, 0.6) is 5.75 Å². The highest BCUT2D eigenvalue weighted by Gasteiger charge is 2.27. The monoisotopic (exact) mass is 401 g/mol. The molecule has 1 atom stereocenters. The van der Waals surface area contributed by atoms with E-state index in [9.17, 15) is 23.2 Å².